The largest absolute Gasteiger partial charge is 0.481 e. The number of rotatable bonds is 4. The minimum Gasteiger partial charge on any atom is -0.481 e. The van der Waals surface area contributed by atoms with E-state index in [0.717, 1.165) is 3.97 Å². The number of fused-ring (bicyclic) bond motifs is 1. The number of aromatic nitrogens is 1. The third-order valence-electron chi connectivity index (χ3n) is 3.42. The number of nitrogens with zero attached hydrogens (tertiary/aromatic N) is 1. The maximum atomic E-state index is 12.9. The number of carbonyl (C=O) groups excluding carboxylic acids is 1. The van der Waals surface area contributed by atoms with E-state index in [-0.39, 0.29) is 10.8 Å². The van der Waals surface area contributed by atoms with Crippen molar-refractivity contribution in [1.29, 1.82) is 0 Å². The summed E-state index contributed by atoms with van der Waals surface area (Å²) in [4.78, 5) is 11.3. The zero-order chi connectivity index (χ0) is 15.7. The van der Waals surface area contributed by atoms with Crippen LogP contribution in [0.4, 0.5) is 0 Å². The van der Waals surface area contributed by atoms with Crippen molar-refractivity contribution in [3.8, 4) is 5.88 Å². The van der Waals surface area contributed by atoms with E-state index in [4.69, 9.17) is 4.74 Å². The molecule has 6 heteroatoms. The maximum absolute atomic E-state index is 12.9. The van der Waals surface area contributed by atoms with Gasteiger partial charge in [0.25, 0.3) is 10.0 Å². The van der Waals surface area contributed by atoms with Crippen molar-refractivity contribution in [3.05, 3.63) is 60.2 Å². The van der Waals surface area contributed by atoms with Gasteiger partial charge in [-0.2, -0.15) is 0 Å². The first kappa shape index (κ1) is 14.3. The van der Waals surface area contributed by atoms with Gasteiger partial charge in [0.1, 0.15) is 0 Å². The standard InChI is InChI=1S/C16H13NO4S/c1-21-16-10-14-12(11-18)6-5-9-15(14)17(16)22(19,20)13-7-3-2-4-8-13/h2-11H,1H3. The van der Waals surface area contributed by atoms with Gasteiger partial charge in [0.05, 0.1) is 17.5 Å². The summed E-state index contributed by atoms with van der Waals surface area (Å²) in [6.45, 7) is 0. The molecular weight excluding hydrogens is 302 g/mol. The molecule has 0 unspecified atom stereocenters. The van der Waals surface area contributed by atoms with Crippen molar-refractivity contribution in [2.24, 2.45) is 0 Å². The van der Waals surface area contributed by atoms with Crippen molar-refractivity contribution in [3.63, 3.8) is 0 Å². The van der Waals surface area contributed by atoms with Gasteiger partial charge in [-0.1, -0.05) is 30.3 Å². The summed E-state index contributed by atoms with van der Waals surface area (Å²) < 4.78 is 32.1. The zero-order valence-corrected chi connectivity index (χ0v) is 12.6. The Balaban J connectivity index is 2.38. The fourth-order valence-corrected chi connectivity index (χ4v) is 3.89. The monoisotopic (exact) mass is 315 g/mol. The summed E-state index contributed by atoms with van der Waals surface area (Å²) in [6, 6.07) is 14.6. The second-order valence-electron chi connectivity index (χ2n) is 4.67. The Morgan fingerprint density at radius 3 is 2.41 bits per heavy atom. The quantitative estimate of drug-likeness (QED) is 0.694. The fraction of sp³-hybridized carbons (Fsp3) is 0.0625. The summed E-state index contributed by atoms with van der Waals surface area (Å²) in [5.74, 6) is 0.160. The zero-order valence-electron chi connectivity index (χ0n) is 11.8. The van der Waals surface area contributed by atoms with Gasteiger partial charge < -0.3 is 4.74 Å². The molecule has 1 aromatic heterocycles. The summed E-state index contributed by atoms with van der Waals surface area (Å²) in [5, 5.41) is 0.536. The second kappa shape index (κ2) is 5.31. The second-order valence-corrected chi connectivity index (χ2v) is 6.45. The molecule has 0 fully saturated rings. The van der Waals surface area contributed by atoms with E-state index in [9.17, 15) is 13.2 Å². The SMILES string of the molecule is COc1cc2c(C=O)cccc2n1S(=O)(=O)c1ccccc1. The molecule has 0 N–H and O–H groups in total. The van der Waals surface area contributed by atoms with E-state index >= 15 is 0 Å². The van der Waals surface area contributed by atoms with E-state index in [1.54, 1.807) is 42.5 Å². The molecule has 0 saturated carbocycles. The van der Waals surface area contributed by atoms with Gasteiger partial charge in [0.15, 0.2) is 6.29 Å². The topological polar surface area (TPSA) is 65.4 Å². The van der Waals surface area contributed by atoms with Crippen LogP contribution in [-0.4, -0.2) is 25.8 Å². The molecule has 3 rings (SSSR count). The van der Waals surface area contributed by atoms with Gasteiger partial charge >= 0.3 is 0 Å². The van der Waals surface area contributed by atoms with Gasteiger partial charge in [-0.3, -0.25) is 4.79 Å². The molecule has 0 saturated heterocycles. The third-order valence-corrected chi connectivity index (χ3v) is 5.15. The molecule has 0 spiro atoms. The summed E-state index contributed by atoms with van der Waals surface area (Å²) >= 11 is 0. The van der Waals surface area contributed by atoms with Crippen molar-refractivity contribution in [1.82, 2.24) is 3.97 Å². The van der Waals surface area contributed by atoms with Gasteiger partial charge in [-0.25, -0.2) is 12.4 Å². The fourth-order valence-electron chi connectivity index (χ4n) is 2.40. The molecule has 0 aliphatic heterocycles. The Hall–Kier alpha value is -2.60. The summed E-state index contributed by atoms with van der Waals surface area (Å²) in [5.41, 5.74) is 0.822. The number of benzene rings is 2. The van der Waals surface area contributed by atoms with Gasteiger partial charge in [0.2, 0.25) is 5.88 Å². The molecule has 0 atom stereocenters. The van der Waals surface area contributed by atoms with Gasteiger partial charge in [0, 0.05) is 17.0 Å². The molecule has 0 aliphatic rings. The molecule has 0 radical (unpaired) electrons. The highest BCUT2D eigenvalue weighted by atomic mass is 32.2. The van der Waals surface area contributed by atoms with Crippen molar-refractivity contribution >= 4 is 27.2 Å². The van der Waals surface area contributed by atoms with Crippen molar-refractivity contribution in [2.75, 3.05) is 7.11 Å². The van der Waals surface area contributed by atoms with Crippen LogP contribution >= 0.6 is 0 Å². The summed E-state index contributed by atoms with van der Waals surface area (Å²) in [7, 11) is -2.42. The van der Waals surface area contributed by atoms with Crippen LogP contribution in [0, 0.1) is 0 Å². The molecular formula is C16H13NO4S. The highest BCUT2D eigenvalue weighted by molar-refractivity contribution is 7.90. The lowest BCUT2D eigenvalue weighted by molar-refractivity contribution is 0.112. The van der Waals surface area contributed by atoms with Crippen LogP contribution in [0.3, 0.4) is 0 Å². The number of ether oxygens (including phenoxy) is 1. The molecule has 2 aromatic carbocycles. The average Bonchev–Trinajstić information content (AvgIpc) is 2.94. The normalized spacial score (nSPS) is 11.5. The Morgan fingerprint density at radius 1 is 1.05 bits per heavy atom. The third kappa shape index (κ3) is 2.08. The lowest BCUT2D eigenvalue weighted by atomic mass is 10.1. The highest BCUT2D eigenvalue weighted by Crippen LogP contribution is 2.31. The van der Waals surface area contributed by atoms with Crippen LogP contribution in [0.5, 0.6) is 5.88 Å². The Bertz CT molecular complexity index is 943. The Labute approximate surface area is 127 Å². The molecule has 0 aliphatic carbocycles. The van der Waals surface area contributed by atoms with E-state index in [1.165, 1.54) is 19.2 Å². The predicted octanol–water partition coefficient (Wildman–Crippen LogP) is 2.70. The van der Waals surface area contributed by atoms with Crippen LogP contribution in [0.15, 0.2) is 59.5 Å². The van der Waals surface area contributed by atoms with Crippen LogP contribution in [-0.2, 0) is 10.0 Å². The van der Waals surface area contributed by atoms with Gasteiger partial charge in [-0.05, 0) is 18.2 Å². The first-order valence-electron chi connectivity index (χ1n) is 6.54. The number of carbonyl (C=O) groups is 1. The number of aldehydes is 1. The smallest absolute Gasteiger partial charge is 0.271 e. The summed E-state index contributed by atoms with van der Waals surface area (Å²) in [6.07, 6.45) is 0.696. The first-order valence-corrected chi connectivity index (χ1v) is 7.98. The van der Waals surface area contributed by atoms with Crippen LogP contribution < -0.4 is 4.74 Å². The lowest BCUT2D eigenvalue weighted by Gasteiger charge is -2.10. The number of hydrogen-bond donors (Lipinski definition) is 0. The van der Waals surface area contributed by atoms with Crippen LogP contribution in [0.1, 0.15) is 10.4 Å². The van der Waals surface area contributed by atoms with Crippen molar-refractivity contribution < 1.29 is 17.9 Å². The Kier molecular flexibility index (Phi) is 3.46. The van der Waals surface area contributed by atoms with Gasteiger partial charge in [-0.15, -0.1) is 0 Å². The van der Waals surface area contributed by atoms with Crippen LogP contribution in [0.2, 0.25) is 0 Å². The predicted molar refractivity (Wildman–Crippen MR) is 82.9 cm³/mol. The molecule has 112 valence electrons. The van der Waals surface area contributed by atoms with E-state index < -0.39 is 10.0 Å². The Morgan fingerprint density at radius 2 is 1.77 bits per heavy atom. The molecule has 3 aromatic rings. The average molecular weight is 315 g/mol. The molecule has 5 nitrogen and oxygen atoms in total. The lowest BCUT2D eigenvalue weighted by Crippen LogP contribution is -2.13. The first-order chi connectivity index (χ1) is 10.6. The highest BCUT2D eigenvalue weighted by Gasteiger charge is 2.24. The maximum Gasteiger partial charge on any atom is 0.271 e. The molecule has 22 heavy (non-hydrogen) atoms. The number of hydrogen-bond acceptors (Lipinski definition) is 4. The molecule has 0 bridgehead atoms. The minimum atomic E-state index is -3.81. The number of methoxy groups -OCH3 is 1. The minimum absolute atomic E-state index is 0.155. The molecule has 1 heterocycles. The molecule has 0 amide bonds. The van der Waals surface area contributed by atoms with Crippen molar-refractivity contribution in [2.45, 2.75) is 4.90 Å². The van der Waals surface area contributed by atoms with Crippen LogP contribution in [0.25, 0.3) is 10.9 Å². The van der Waals surface area contributed by atoms with E-state index in [1.807, 2.05) is 0 Å². The van der Waals surface area contributed by atoms with E-state index in [2.05, 4.69) is 0 Å². The van der Waals surface area contributed by atoms with E-state index in [0.29, 0.717) is 22.8 Å².